The van der Waals surface area contributed by atoms with Crippen molar-refractivity contribution in [3.63, 3.8) is 0 Å². The fraction of sp³-hybridized carbons (Fsp3) is 0.0769. The molecule has 148 valence electrons. The van der Waals surface area contributed by atoms with Crippen molar-refractivity contribution in [2.24, 2.45) is 4.99 Å². The van der Waals surface area contributed by atoms with Gasteiger partial charge in [-0.15, -0.1) is 0 Å². The SMILES string of the molecule is Cc1ccc(N=Cc2c(OC(=O)c3ccc(Br)cc3)ccc3ccccc23)c(C)c1. The zero-order valence-corrected chi connectivity index (χ0v) is 18.3. The van der Waals surface area contributed by atoms with Gasteiger partial charge in [-0.25, -0.2) is 4.79 Å². The average Bonchev–Trinajstić information content (AvgIpc) is 2.74. The second-order valence-electron chi connectivity index (χ2n) is 7.14. The van der Waals surface area contributed by atoms with Gasteiger partial charge in [-0.05, 0) is 66.6 Å². The summed E-state index contributed by atoms with van der Waals surface area (Å²) in [5, 5.41) is 2.04. The number of rotatable bonds is 4. The van der Waals surface area contributed by atoms with Gasteiger partial charge in [0.15, 0.2) is 0 Å². The molecule has 0 saturated heterocycles. The minimum atomic E-state index is -0.404. The first kappa shape index (κ1) is 20.0. The van der Waals surface area contributed by atoms with Crippen molar-refractivity contribution < 1.29 is 9.53 Å². The standard InChI is InChI=1S/C26H20BrNO2/c1-17-7-13-24(18(2)15-17)28-16-23-22-6-4-3-5-19(22)10-14-25(23)30-26(29)20-8-11-21(27)12-9-20/h3-16H,1-2H3. The van der Waals surface area contributed by atoms with Gasteiger partial charge in [0.05, 0.1) is 11.3 Å². The molecule has 0 N–H and O–H groups in total. The highest BCUT2D eigenvalue weighted by Crippen LogP contribution is 2.29. The molecule has 0 aliphatic carbocycles. The van der Waals surface area contributed by atoms with Crippen molar-refractivity contribution in [3.8, 4) is 5.75 Å². The Morgan fingerprint density at radius 2 is 1.70 bits per heavy atom. The summed E-state index contributed by atoms with van der Waals surface area (Å²) in [6.07, 6.45) is 1.78. The Hall–Kier alpha value is -3.24. The molecule has 0 saturated carbocycles. The number of nitrogens with zero attached hydrogens (tertiary/aromatic N) is 1. The van der Waals surface area contributed by atoms with E-state index in [0.717, 1.165) is 32.1 Å². The van der Waals surface area contributed by atoms with E-state index in [1.54, 1.807) is 18.3 Å². The zero-order valence-electron chi connectivity index (χ0n) is 16.7. The number of esters is 1. The Bertz CT molecular complexity index is 1260. The summed E-state index contributed by atoms with van der Waals surface area (Å²) in [4.78, 5) is 17.4. The molecule has 0 amide bonds. The molecular formula is C26H20BrNO2. The molecule has 0 atom stereocenters. The monoisotopic (exact) mass is 457 g/mol. The number of halogens is 1. The third-order valence-electron chi connectivity index (χ3n) is 4.90. The average molecular weight is 458 g/mol. The van der Waals surface area contributed by atoms with E-state index in [0.29, 0.717) is 11.3 Å². The van der Waals surface area contributed by atoms with Crippen LogP contribution in [0.5, 0.6) is 5.75 Å². The van der Waals surface area contributed by atoms with Gasteiger partial charge in [0.1, 0.15) is 5.75 Å². The molecule has 0 unspecified atom stereocenters. The third kappa shape index (κ3) is 4.34. The van der Waals surface area contributed by atoms with Gasteiger partial charge < -0.3 is 4.74 Å². The van der Waals surface area contributed by atoms with Crippen LogP contribution in [-0.2, 0) is 0 Å². The number of carbonyl (C=O) groups is 1. The molecule has 0 fully saturated rings. The highest BCUT2D eigenvalue weighted by atomic mass is 79.9. The predicted octanol–water partition coefficient (Wildman–Crippen LogP) is 7.19. The Morgan fingerprint density at radius 1 is 0.933 bits per heavy atom. The molecule has 4 heteroatoms. The topological polar surface area (TPSA) is 38.7 Å². The molecule has 0 radical (unpaired) electrons. The van der Waals surface area contributed by atoms with E-state index < -0.39 is 5.97 Å². The van der Waals surface area contributed by atoms with Crippen LogP contribution in [0.4, 0.5) is 5.69 Å². The number of aryl methyl sites for hydroxylation is 2. The van der Waals surface area contributed by atoms with Gasteiger partial charge in [0.2, 0.25) is 0 Å². The number of hydrogen-bond acceptors (Lipinski definition) is 3. The molecule has 4 aromatic carbocycles. The molecule has 0 heterocycles. The predicted molar refractivity (Wildman–Crippen MR) is 126 cm³/mol. The lowest BCUT2D eigenvalue weighted by atomic mass is 10.0. The van der Waals surface area contributed by atoms with Gasteiger partial charge in [0.25, 0.3) is 0 Å². The highest BCUT2D eigenvalue weighted by molar-refractivity contribution is 9.10. The second kappa shape index (κ2) is 8.64. The van der Waals surface area contributed by atoms with Crippen LogP contribution >= 0.6 is 15.9 Å². The molecule has 4 aromatic rings. The second-order valence-corrected chi connectivity index (χ2v) is 8.06. The van der Waals surface area contributed by atoms with Crippen LogP contribution in [0, 0.1) is 13.8 Å². The van der Waals surface area contributed by atoms with Crippen LogP contribution < -0.4 is 4.74 Å². The molecule has 0 aromatic heterocycles. The molecule has 3 nitrogen and oxygen atoms in total. The molecule has 30 heavy (non-hydrogen) atoms. The van der Waals surface area contributed by atoms with Crippen LogP contribution in [0.2, 0.25) is 0 Å². The lowest BCUT2D eigenvalue weighted by Gasteiger charge is -2.11. The fourth-order valence-corrected chi connectivity index (χ4v) is 3.59. The first-order valence-corrected chi connectivity index (χ1v) is 10.4. The third-order valence-corrected chi connectivity index (χ3v) is 5.43. The highest BCUT2D eigenvalue weighted by Gasteiger charge is 2.13. The van der Waals surface area contributed by atoms with Crippen molar-refractivity contribution in [3.05, 3.63) is 106 Å². The molecule has 0 aliphatic rings. The smallest absolute Gasteiger partial charge is 0.343 e. The Balaban J connectivity index is 1.75. The van der Waals surface area contributed by atoms with Crippen molar-refractivity contribution in [2.45, 2.75) is 13.8 Å². The van der Waals surface area contributed by atoms with Gasteiger partial charge >= 0.3 is 5.97 Å². The van der Waals surface area contributed by atoms with Gasteiger partial charge in [-0.1, -0.05) is 64.0 Å². The van der Waals surface area contributed by atoms with E-state index >= 15 is 0 Å². The van der Waals surface area contributed by atoms with Gasteiger partial charge in [-0.3, -0.25) is 4.99 Å². The van der Waals surface area contributed by atoms with E-state index in [1.807, 2.05) is 67.6 Å². The van der Waals surface area contributed by atoms with Gasteiger partial charge in [-0.2, -0.15) is 0 Å². The number of aliphatic imine (C=N–C) groups is 1. The van der Waals surface area contributed by atoms with E-state index in [1.165, 1.54) is 5.56 Å². The lowest BCUT2D eigenvalue weighted by Crippen LogP contribution is -2.10. The minimum absolute atomic E-state index is 0.404. The molecule has 0 aliphatic heterocycles. The van der Waals surface area contributed by atoms with Crippen molar-refractivity contribution in [1.82, 2.24) is 0 Å². The maximum Gasteiger partial charge on any atom is 0.343 e. The maximum atomic E-state index is 12.7. The first-order valence-electron chi connectivity index (χ1n) is 9.62. The zero-order chi connectivity index (χ0) is 21.1. The molecule has 0 bridgehead atoms. The first-order chi connectivity index (χ1) is 14.5. The van der Waals surface area contributed by atoms with Crippen LogP contribution in [0.1, 0.15) is 27.0 Å². The van der Waals surface area contributed by atoms with Gasteiger partial charge in [0, 0.05) is 16.3 Å². The normalized spacial score (nSPS) is 11.2. The summed E-state index contributed by atoms with van der Waals surface area (Å²) in [7, 11) is 0. The summed E-state index contributed by atoms with van der Waals surface area (Å²) < 4.78 is 6.68. The van der Waals surface area contributed by atoms with Crippen molar-refractivity contribution in [1.29, 1.82) is 0 Å². The summed E-state index contributed by atoms with van der Waals surface area (Å²) in [5.41, 5.74) is 4.45. The van der Waals surface area contributed by atoms with Crippen molar-refractivity contribution in [2.75, 3.05) is 0 Å². The molecule has 4 rings (SSSR count). The fourth-order valence-electron chi connectivity index (χ4n) is 3.33. The van der Waals surface area contributed by atoms with Crippen LogP contribution in [-0.4, -0.2) is 12.2 Å². The van der Waals surface area contributed by atoms with Crippen molar-refractivity contribution >= 4 is 44.6 Å². The Kier molecular flexibility index (Phi) is 5.77. The summed E-state index contributed by atoms with van der Waals surface area (Å²) >= 11 is 3.38. The molecular weight excluding hydrogens is 438 g/mol. The Morgan fingerprint density at radius 3 is 2.47 bits per heavy atom. The number of ether oxygens (including phenoxy) is 1. The summed E-state index contributed by atoms with van der Waals surface area (Å²) in [6.45, 7) is 4.10. The number of hydrogen-bond donors (Lipinski definition) is 0. The van der Waals surface area contributed by atoms with E-state index in [9.17, 15) is 4.79 Å². The molecule has 0 spiro atoms. The largest absolute Gasteiger partial charge is 0.422 e. The quantitative estimate of drug-likeness (QED) is 0.184. The summed E-state index contributed by atoms with van der Waals surface area (Å²) in [5.74, 6) is 0.0779. The maximum absolute atomic E-state index is 12.7. The van der Waals surface area contributed by atoms with Crippen LogP contribution in [0.25, 0.3) is 10.8 Å². The summed E-state index contributed by atoms with van der Waals surface area (Å²) in [6, 6.07) is 25.0. The minimum Gasteiger partial charge on any atom is -0.422 e. The Labute approximate surface area is 184 Å². The number of carbonyl (C=O) groups excluding carboxylic acids is 1. The number of benzene rings is 4. The lowest BCUT2D eigenvalue weighted by molar-refractivity contribution is 0.0734. The van der Waals surface area contributed by atoms with E-state index in [-0.39, 0.29) is 0 Å². The van der Waals surface area contributed by atoms with E-state index in [2.05, 4.69) is 28.9 Å². The van der Waals surface area contributed by atoms with Crippen LogP contribution in [0.3, 0.4) is 0 Å². The van der Waals surface area contributed by atoms with Crippen LogP contribution in [0.15, 0.2) is 88.3 Å². The van der Waals surface area contributed by atoms with E-state index in [4.69, 9.17) is 9.73 Å². The number of fused-ring (bicyclic) bond motifs is 1.